The van der Waals surface area contributed by atoms with Crippen molar-refractivity contribution in [2.75, 3.05) is 6.54 Å². The van der Waals surface area contributed by atoms with E-state index in [0.29, 0.717) is 28.2 Å². The van der Waals surface area contributed by atoms with Crippen LogP contribution in [0.1, 0.15) is 43.5 Å². The van der Waals surface area contributed by atoms with Gasteiger partial charge in [-0.05, 0) is 50.4 Å². The average Bonchev–Trinajstić information content (AvgIpc) is 2.92. The standard InChI is InChI=1S/C15H17Cl2N3O/c1-15(6-2-3-7-18-15)14-19-13(20-21-14)8-10-4-5-11(16)9-12(10)17/h4-5,9,18H,2-3,6-8H2,1H3. The maximum atomic E-state index is 6.18. The van der Waals surface area contributed by atoms with Gasteiger partial charge in [-0.15, -0.1) is 0 Å². The molecule has 3 rings (SSSR count). The molecule has 1 atom stereocenters. The minimum Gasteiger partial charge on any atom is -0.337 e. The van der Waals surface area contributed by atoms with Crippen LogP contribution >= 0.6 is 23.2 Å². The van der Waals surface area contributed by atoms with E-state index in [-0.39, 0.29) is 5.54 Å². The Morgan fingerprint density at radius 2 is 2.19 bits per heavy atom. The number of benzene rings is 1. The van der Waals surface area contributed by atoms with Crippen LogP contribution in [-0.4, -0.2) is 16.7 Å². The summed E-state index contributed by atoms with van der Waals surface area (Å²) in [6, 6.07) is 5.43. The lowest BCUT2D eigenvalue weighted by Crippen LogP contribution is -2.43. The van der Waals surface area contributed by atoms with Gasteiger partial charge in [0, 0.05) is 16.5 Å². The van der Waals surface area contributed by atoms with E-state index in [2.05, 4.69) is 22.4 Å². The number of hydrogen-bond acceptors (Lipinski definition) is 4. The minimum atomic E-state index is -0.215. The molecule has 0 saturated carbocycles. The molecule has 1 N–H and O–H groups in total. The molecule has 0 spiro atoms. The van der Waals surface area contributed by atoms with Crippen molar-refractivity contribution in [1.82, 2.24) is 15.5 Å². The van der Waals surface area contributed by atoms with Crippen molar-refractivity contribution in [3.8, 4) is 0 Å². The fraction of sp³-hybridized carbons (Fsp3) is 0.467. The van der Waals surface area contributed by atoms with Gasteiger partial charge < -0.3 is 9.84 Å². The fourth-order valence-corrected chi connectivity index (χ4v) is 3.10. The van der Waals surface area contributed by atoms with Crippen molar-refractivity contribution in [2.24, 2.45) is 0 Å². The smallest absolute Gasteiger partial charge is 0.246 e. The summed E-state index contributed by atoms with van der Waals surface area (Å²) in [5.74, 6) is 1.30. The Bertz CT molecular complexity index is 636. The number of halogens is 2. The summed E-state index contributed by atoms with van der Waals surface area (Å²) in [4.78, 5) is 4.53. The molecule has 1 aromatic carbocycles. The first kappa shape index (κ1) is 14.8. The Balaban J connectivity index is 1.78. The lowest BCUT2D eigenvalue weighted by atomic mass is 9.91. The second-order valence-corrected chi connectivity index (χ2v) is 6.49. The van der Waals surface area contributed by atoms with Crippen LogP contribution in [0.3, 0.4) is 0 Å². The SMILES string of the molecule is CC1(c2nc(Cc3ccc(Cl)cc3Cl)no2)CCCCN1. The molecule has 0 aliphatic carbocycles. The van der Waals surface area contributed by atoms with Crippen LogP contribution < -0.4 is 5.32 Å². The first-order chi connectivity index (χ1) is 10.1. The lowest BCUT2D eigenvalue weighted by molar-refractivity contribution is 0.206. The molecule has 21 heavy (non-hydrogen) atoms. The molecule has 1 fully saturated rings. The third-order valence-electron chi connectivity index (χ3n) is 3.92. The molecule has 0 amide bonds. The Morgan fingerprint density at radius 3 is 2.90 bits per heavy atom. The largest absolute Gasteiger partial charge is 0.337 e. The predicted molar refractivity (Wildman–Crippen MR) is 82.8 cm³/mol. The van der Waals surface area contributed by atoms with Gasteiger partial charge in [0.05, 0.1) is 5.54 Å². The molecule has 1 aromatic heterocycles. The predicted octanol–water partition coefficient (Wildman–Crippen LogP) is 3.96. The summed E-state index contributed by atoms with van der Waals surface area (Å²) in [6.07, 6.45) is 3.91. The van der Waals surface area contributed by atoms with E-state index in [0.717, 1.165) is 18.5 Å². The highest BCUT2D eigenvalue weighted by molar-refractivity contribution is 6.35. The highest BCUT2D eigenvalue weighted by Gasteiger charge is 2.34. The number of nitrogens with one attached hydrogen (secondary N) is 1. The van der Waals surface area contributed by atoms with Gasteiger partial charge in [0.2, 0.25) is 5.89 Å². The van der Waals surface area contributed by atoms with Gasteiger partial charge in [0.15, 0.2) is 5.82 Å². The Morgan fingerprint density at radius 1 is 1.33 bits per heavy atom. The molecule has 2 aromatic rings. The molecular weight excluding hydrogens is 309 g/mol. The maximum absolute atomic E-state index is 6.18. The summed E-state index contributed by atoms with van der Waals surface area (Å²) in [5.41, 5.74) is 0.725. The number of nitrogens with zero attached hydrogens (tertiary/aromatic N) is 2. The summed E-state index contributed by atoms with van der Waals surface area (Å²) in [5, 5.41) is 8.79. The summed E-state index contributed by atoms with van der Waals surface area (Å²) in [6.45, 7) is 3.09. The Labute approximate surface area is 133 Å². The first-order valence-electron chi connectivity index (χ1n) is 7.09. The van der Waals surface area contributed by atoms with Crippen molar-refractivity contribution in [2.45, 2.75) is 38.1 Å². The minimum absolute atomic E-state index is 0.215. The summed E-state index contributed by atoms with van der Waals surface area (Å²) in [7, 11) is 0. The maximum Gasteiger partial charge on any atom is 0.246 e. The molecular formula is C15H17Cl2N3O. The second-order valence-electron chi connectivity index (χ2n) is 5.64. The number of aromatic nitrogens is 2. The third kappa shape index (κ3) is 3.23. The number of piperidine rings is 1. The van der Waals surface area contributed by atoms with Crippen molar-refractivity contribution in [3.05, 3.63) is 45.5 Å². The molecule has 1 saturated heterocycles. The van der Waals surface area contributed by atoms with Crippen LogP contribution in [0.4, 0.5) is 0 Å². The molecule has 2 heterocycles. The zero-order valence-electron chi connectivity index (χ0n) is 11.8. The molecule has 1 unspecified atom stereocenters. The zero-order chi connectivity index (χ0) is 14.9. The molecule has 6 heteroatoms. The second kappa shape index (κ2) is 5.95. The van der Waals surface area contributed by atoms with Crippen LogP contribution in [0.5, 0.6) is 0 Å². The monoisotopic (exact) mass is 325 g/mol. The Hall–Kier alpha value is -1.10. The Kier molecular flexibility index (Phi) is 4.20. The van der Waals surface area contributed by atoms with Crippen molar-refractivity contribution >= 4 is 23.2 Å². The normalized spacial score (nSPS) is 22.4. The quantitative estimate of drug-likeness (QED) is 0.928. The molecule has 4 nitrogen and oxygen atoms in total. The van der Waals surface area contributed by atoms with Gasteiger partial charge in [0.1, 0.15) is 0 Å². The highest BCUT2D eigenvalue weighted by Crippen LogP contribution is 2.29. The van der Waals surface area contributed by atoms with Crippen molar-refractivity contribution in [3.63, 3.8) is 0 Å². The van der Waals surface area contributed by atoms with Crippen LogP contribution in [-0.2, 0) is 12.0 Å². The van der Waals surface area contributed by atoms with E-state index in [4.69, 9.17) is 27.7 Å². The van der Waals surface area contributed by atoms with Gasteiger partial charge in [-0.2, -0.15) is 4.98 Å². The first-order valence-corrected chi connectivity index (χ1v) is 7.84. The van der Waals surface area contributed by atoms with Gasteiger partial charge in [-0.1, -0.05) is 34.4 Å². The molecule has 0 radical (unpaired) electrons. The van der Waals surface area contributed by atoms with Gasteiger partial charge >= 0.3 is 0 Å². The van der Waals surface area contributed by atoms with Crippen LogP contribution in [0.15, 0.2) is 22.7 Å². The topological polar surface area (TPSA) is 51.0 Å². The average molecular weight is 326 g/mol. The molecule has 1 aliphatic heterocycles. The molecule has 112 valence electrons. The van der Waals surface area contributed by atoms with E-state index in [1.165, 1.54) is 12.8 Å². The summed E-state index contributed by atoms with van der Waals surface area (Å²) < 4.78 is 5.45. The van der Waals surface area contributed by atoms with Crippen LogP contribution in [0.25, 0.3) is 0 Å². The van der Waals surface area contributed by atoms with Crippen LogP contribution in [0, 0.1) is 0 Å². The van der Waals surface area contributed by atoms with E-state index < -0.39 is 0 Å². The van der Waals surface area contributed by atoms with Gasteiger partial charge in [-0.25, -0.2) is 0 Å². The van der Waals surface area contributed by atoms with Crippen molar-refractivity contribution < 1.29 is 4.52 Å². The molecule has 1 aliphatic rings. The fourth-order valence-electron chi connectivity index (χ4n) is 2.62. The van der Waals surface area contributed by atoms with Crippen LogP contribution in [0.2, 0.25) is 10.0 Å². The van der Waals surface area contributed by atoms with E-state index >= 15 is 0 Å². The van der Waals surface area contributed by atoms with Gasteiger partial charge in [-0.3, -0.25) is 0 Å². The highest BCUT2D eigenvalue weighted by atomic mass is 35.5. The van der Waals surface area contributed by atoms with E-state index in [1.54, 1.807) is 6.07 Å². The number of hydrogen-bond donors (Lipinski definition) is 1. The van der Waals surface area contributed by atoms with Gasteiger partial charge in [0.25, 0.3) is 0 Å². The zero-order valence-corrected chi connectivity index (χ0v) is 13.3. The number of rotatable bonds is 3. The van der Waals surface area contributed by atoms with E-state index in [1.807, 2.05) is 12.1 Å². The lowest BCUT2D eigenvalue weighted by Gasteiger charge is -2.31. The third-order valence-corrected chi connectivity index (χ3v) is 4.51. The summed E-state index contributed by atoms with van der Waals surface area (Å²) >= 11 is 12.1. The molecule has 0 bridgehead atoms. The van der Waals surface area contributed by atoms with E-state index in [9.17, 15) is 0 Å². The van der Waals surface area contributed by atoms with Crippen molar-refractivity contribution in [1.29, 1.82) is 0 Å².